The first-order valence-electron chi connectivity index (χ1n) is 16.8. The molecule has 2 aromatic carbocycles. The van der Waals surface area contributed by atoms with Gasteiger partial charge in [0, 0.05) is 28.7 Å². The van der Waals surface area contributed by atoms with E-state index in [1.54, 1.807) is 35.0 Å². The number of aromatic nitrogens is 3. The molecule has 7 rings (SSSR count). The number of hydrogen-bond donors (Lipinski definition) is 0. The van der Waals surface area contributed by atoms with Crippen LogP contribution >= 0.6 is 0 Å². The summed E-state index contributed by atoms with van der Waals surface area (Å²) in [7, 11) is 0. The Morgan fingerprint density at radius 1 is 0.896 bits per heavy atom. The Labute approximate surface area is 293 Å². The quantitative estimate of drug-likeness (QED) is 0.0709. The molecule has 1 aromatic heterocycles. The first-order valence-corrected chi connectivity index (χ1v) is 16.8. The number of carbonyl (C=O) groups is 2. The van der Waals surface area contributed by atoms with E-state index in [4.69, 9.17) is 4.74 Å². The van der Waals surface area contributed by atoms with Crippen molar-refractivity contribution in [3.63, 3.8) is 0 Å². The maximum absolute atomic E-state index is 13.5. The molecule has 1 saturated heterocycles. The van der Waals surface area contributed by atoms with Gasteiger partial charge in [-0.15, -0.1) is 5.10 Å². The van der Waals surface area contributed by atoms with Crippen LogP contribution in [0.2, 0.25) is 0 Å². The standard InChI is InChI=1S/C35H36N4O3.C5H6.Fe/c40-33(23-17-27-12-8-9-13-27)28-18-20-31(21-19-28)42-25-29-24-38(37-36-29)34-32(22-16-26-10-4-3-5-11-26)39(35(34)41)30-14-6-1-2-7-15-30;1-2-4-5-3-1;/h3-5,8,10-13,16-24,30,32,34H,1-2,6-7,9,14-15,25H2;1-4H,5H2;/b22-16+,23-17+;;/t32-,34?;;/m1../s1. The van der Waals surface area contributed by atoms with Crippen LogP contribution in [0.25, 0.3) is 6.08 Å². The van der Waals surface area contributed by atoms with Gasteiger partial charge in [0.25, 0.3) is 5.91 Å². The number of ether oxygens (including phenoxy) is 1. The zero-order valence-corrected chi connectivity index (χ0v) is 28.2. The summed E-state index contributed by atoms with van der Waals surface area (Å²) in [4.78, 5) is 28.1. The summed E-state index contributed by atoms with van der Waals surface area (Å²) in [5.74, 6) is 0.690. The van der Waals surface area contributed by atoms with Crippen LogP contribution in [0.3, 0.4) is 0 Å². The van der Waals surface area contributed by atoms with Crippen molar-refractivity contribution in [1.82, 2.24) is 19.9 Å². The van der Waals surface area contributed by atoms with Gasteiger partial charge >= 0.3 is 0 Å². The summed E-state index contributed by atoms with van der Waals surface area (Å²) in [6, 6.07) is 17.0. The number of nitrogens with zero attached hydrogens (tertiary/aromatic N) is 4. The van der Waals surface area contributed by atoms with Crippen molar-refractivity contribution >= 4 is 17.8 Å². The van der Waals surface area contributed by atoms with E-state index in [1.165, 1.54) is 25.7 Å². The third kappa shape index (κ3) is 9.09. The largest absolute Gasteiger partial charge is 0.487 e. The van der Waals surface area contributed by atoms with E-state index in [-0.39, 0.29) is 47.4 Å². The minimum Gasteiger partial charge on any atom is -0.487 e. The molecule has 0 N–H and O–H groups in total. The minimum atomic E-state index is -0.414. The molecule has 8 heteroatoms. The summed E-state index contributed by atoms with van der Waals surface area (Å²) in [6.07, 6.45) is 33.0. The zero-order chi connectivity index (χ0) is 32.3. The summed E-state index contributed by atoms with van der Waals surface area (Å²) in [5.41, 5.74) is 3.40. The van der Waals surface area contributed by atoms with Crippen molar-refractivity contribution in [2.45, 2.75) is 76.1 Å². The van der Waals surface area contributed by atoms with Gasteiger partial charge < -0.3 is 9.64 Å². The normalized spacial score (nSPS) is 20.3. The van der Waals surface area contributed by atoms with Gasteiger partial charge in [-0.2, -0.15) is 0 Å². The molecule has 3 aliphatic carbocycles. The smallest absolute Gasteiger partial charge is 0.250 e. The molecule has 7 nitrogen and oxygen atoms in total. The molecular weight excluding hydrogens is 640 g/mol. The van der Waals surface area contributed by atoms with Crippen LogP contribution in [0, 0.1) is 0 Å². The average Bonchev–Trinajstić information content (AvgIpc) is 3.90. The predicted octanol–water partition coefficient (Wildman–Crippen LogP) is 8.17. The van der Waals surface area contributed by atoms with Crippen LogP contribution in [0.1, 0.15) is 79.0 Å². The number of β-lactam (4-membered cyclic amide) rings is 1. The molecule has 0 radical (unpaired) electrons. The first-order chi connectivity index (χ1) is 23.2. The van der Waals surface area contributed by atoms with Crippen LogP contribution < -0.4 is 4.74 Å². The Balaban J connectivity index is 0.000000689. The molecule has 3 aromatic rings. The van der Waals surface area contributed by atoms with Crippen LogP contribution in [-0.4, -0.2) is 43.7 Å². The number of benzene rings is 2. The second-order valence-electron chi connectivity index (χ2n) is 12.2. The number of amides is 1. The maximum atomic E-state index is 13.5. The number of hydrogen-bond acceptors (Lipinski definition) is 5. The van der Waals surface area contributed by atoms with E-state index < -0.39 is 6.04 Å². The van der Waals surface area contributed by atoms with Gasteiger partial charge in [-0.1, -0.05) is 122 Å². The third-order valence-electron chi connectivity index (χ3n) is 8.91. The van der Waals surface area contributed by atoms with E-state index in [0.29, 0.717) is 17.0 Å². The molecule has 248 valence electrons. The van der Waals surface area contributed by atoms with Gasteiger partial charge in [-0.05, 0) is 67.2 Å². The van der Waals surface area contributed by atoms with E-state index in [9.17, 15) is 9.59 Å². The van der Waals surface area contributed by atoms with Gasteiger partial charge in [0.05, 0.1) is 12.2 Å². The number of rotatable bonds is 10. The Morgan fingerprint density at radius 2 is 1.65 bits per heavy atom. The fraction of sp³-hybridized carbons (Fsp3) is 0.300. The molecule has 1 amide bonds. The molecule has 1 aliphatic heterocycles. The summed E-state index contributed by atoms with van der Waals surface area (Å²) < 4.78 is 7.62. The number of ketones is 1. The van der Waals surface area contributed by atoms with Crippen LogP contribution in [0.4, 0.5) is 0 Å². The molecule has 2 heterocycles. The summed E-state index contributed by atoms with van der Waals surface area (Å²) >= 11 is 0. The third-order valence-corrected chi connectivity index (χ3v) is 8.91. The fourth-order valence-electron chi connectivity index (χ4n) is 6.37. The zero-order valence-electron chi connectivity index (χ0n) is 27.1. The van der Waals surface area contributed by atoms with Crippen molar-refractivity contribution in [3.05, 3.63) is 144 Å². The summed E-state index contributed by atoms with van der Waals surface area (Å²) in [5, 5.41) is 8.64. The van der Waals surface area contributed by atoms with E-state index in [0.717, 1.165) is 36.8 Å². The second-order valence-corrected chi connectivity index (χ2v) is 12.2. The van der Waals surface area contributed by atoms with Crippen molar-refractivity contribution in [2.24, 2.45) is 0 Å². The minimum absolute atomic E-state index is 0. The first kappa shape index (κ1) is 34.8. The number of carbonyl (C=O) groups excluding carboxylic acids is 2. The SMILES string of the molecule is C1=CCC=C1.O=C(/C=C/C1=CCC=C1)c1ccc(OCc2cn(C3C(=O)N(C4CCCCCC4)[C@@H]3/C=C/c3ccccc3)nn2)cc1.[Fe]. The fourth-order valence-corrected chi connectivity index (χ4v) is 6.37. The van der Waals surface area contributed by atoms with Crippen LogP contribution in [-0.2, 0) is 28.5 Å². The van der Waals surface area contributed by atoms with Crippen molar-refractivity contribution < 1.29 is 31.4 Å². The molecule has 48 heavy (non-hydrogen) atoms. The van der Waals surface area contributed by atoms with Crippen LogP contribution in [0.5, 0.6) is 5.75 Å². The van der Waals surface area contributed by atoms with E-state index in [2.05, 4.69) is 76.0 Å². The van der Waals surface area contributed by atoms with Gasteiger partial charge in [-0.3, -0.25) is 9.59 Å². The van der Waals surface area contributed by atoms with Gasteiger partial charge in [-0.25, -0.2) is 4.68 Å². The van der Waals surface area contributed by atoms with Gasteiger partial charge in [0.15, 0.2) is 11.8 Å². The predicted molar refractivity (Wildman–Crippen MR) is 186 cm³/mol. The number of likely N-dealkylation sites (tertiary alicyclic amines) is 1. The second kappa shape index (κ2) is 17.6. The van der Waals surface area contributed by atoms with Gasteiger partial charge in [0.2, 0.25) is 0 Å². The molecule has 1 saturated carbocycles. The molecule has 2 atom stereocenters. The topological polar surface area (TPSA) is 77.3 Å². The Kier molecular flexibility index (Phi) is 12.7. The number of allylic oxidation sites excluding steroid dienone is 10. The molecule has 0 bridgehead atoms. The average molecular weight is 683 g/mol. The molecular formula is C40H42FeN4O3. The van der Waals surface area contributed by atoms with Crippen molar-refractivity contribution in [2.75, 3.05) is 0 Å². The van der Waals surface area contributed by atoms with Crippen molar-refractivity contribution in [3.8, 4) is 5.75 Å². The van der Waals surface area contributed by atoms with Crippen LogP contribution in [0.15, 0.2) is 127 Å². The Hall–Kier alpha value is -4.52. The molecule has 4 aliphatic rings. The van der Waals surface area contributed by atoms with E-state index in [1.807, 2.05) is 36.5 Å². The monoisotopic (exact) mass is 682 g/mol. The van der Waals surface area contributed by atoms with E-state index >= 15 is 0 Å². The van der Waals surface area contributed by atoms with Gasteiger partial charge in [0.1, 0.15) is 18.1 Å². The molecule has 0 spiro atoms. The molecule has 2 fully saturated rings. The summed E-state index contributed by atoms with van der Waals surface area (Å²) in [6.45, 7) is 0.214. The Morgan fingerprint density at radius 3 is 2.31 bits per heavy atom. The molecule has 1 unspecified atom stereocenters. The Bertz CT molecular complexity index is 1680. The van der Waals surface area contributed by atoms with Crippen molar-refractivity contribution in [1.29, 1.82) is 0 Å². The maximum Gasteiger partial charge on any atom is 0.250 e.